The third-order valence-electron chi connectivity index (χ3n) is 6.94. The number of anilines is 1. The number of halogens is 3. The summed E-state index contributed by atoms with van der Waals surface area (Å²) >= 11 is 4.84. The molecule has 0 aliphatic rings. The minimum Gasteiger partial charge on any atom is -0.454 e. The maximum atomic E-state index is 15.1. The Balaban J connectivity index is 1.19. The summed E-state index contributed by atoms with van der Waals surface area (Å²) in [6, 6.07) is 21.6. The molecule has 0 aliphatic carbocycles. The number of ether oxygens (including phenoxy) is 1. The second kappa shape index (κ2) is 13.4. The van der Waals surface area contributed by atoms with Gasteiger partial charge in [0.25, 0.3) is 11.8 Å². The molecule has 6 aromatic rings. The lowest BCUT2D eigenvalue weighted by molar-refractivity contribution is 0.0948. The van der Waals surface area contributed by atoms with Crippen LogP contribution in [0.3, 0.4) is 0 Å². The van der Waals surface area contributed by atoms with Crippen LogP contribution in [0, 0.1) is 11.6 Å². The number of amides is 2. The number of aromatic nitrogens is 2. The number of nitrogens with one attached hydrogen (secondary N) is 2. The number of hydrogen-bond acceptors (Lipinski definition) is 6. The summed E-state index contributed by atoms with van der Waals surface area (Å²) < 4.78 is 37.7. The standard InChI is InChI=1S/C34H23BrF2N4O4S/c35-20-7-9-30(26(36)16-20)41-19-25(32(42)24-5-1-2-6-29(24)41)33(43)40-21-8-10-31(27(37)17-21)45-22-11-13-38-28(18-22)34(44)39-14-12-23-4-3-15-46-23/h1-11,13,15-19H,12,14H2,(H,39,44)(H,40,43). The smallest absolute Gasteiger partial charge is 0.270 e. The van der Waals surface area contributed by atoms with Crippen LogP contribution < -0.4 is 20.8 Å². The van der Waals surface area contributed by atoms with Gasteiger partial charge in [-0.2, -0.15) is 0 Å². The van der Waals surface area contributed by atoms with Gasteiger partial charge in [-0.15, -0.1) is 11.3 Å². The Morgan fingerprint density at radius 3 is 2.57 bits per heavy atom. The Labute approximate surface area is 273 Å². The molecule has 3 heterocycles. The fraction of sp³-hybridized carbons (Fsp3) is 0.0588. The van der Waals surface area contributed by atoms with Crippen molar-refractivity contribution >= 4 is 55.7 Å². The monoisotopic (exact) mass is 700 g/mol. The molecule has 230 valence electrons. The van der Waals surface area contributed by atoms with E-state index in [4.69, 9.17) is 4.74 Å². The Kier molecular flexibility index (Phi) is 8.99. The first-order valence-corrected chi connectivity index (χ1v) is 15.6. The molecule has 3 aromatic heterocycles. The number of pyridine rings is 2. The van der Waals surface area contributed by atoms with Crippen LogP contribution in [0.1, 0.15) is 25.7 Å². The van der Waals surface area contributed by atoms with Gasteiger partial charge in [0.2, 0.25) is 5.43 Å². The van der Waals surface area contributed by atoms with Crippen molar-refractivity contribution in [1.82, 2.24) is 14.9 Å². The average molecular weight is 702 g/mol. The van der Waals surface area contributed by atoms with Gasteiger partial charge in [-0.05, 0) is 66.4 Å². The van der Waals surface area contributed by atoms with Crippen LogP contribution in [0.4, 0.5) is 14.5 Å². The normalized spacial score (nSPS) is 10.9. The lowest BCUT2D eigenvalue weighted by atomic mass is 10.1. The Hall–Kier alpha value is -5.20. The van der Waals surface area contributed by atoms with Gasteiger partial charge in [0.15, 0.2) is 11.6 Å². The molecule has 0 fully saturated rings. The van der Waals surface area contributed by atoms with Gasteiger partial charge in [0.05, 0.1) is 11.2 Å². The molecule has 12 heteroatoms. The van der Waals surface area contributed by atoms with E-state index in [9.17, 15) is 18.8 Å². The number of carbonyl (C=O) groups is 2. The molecule has 0 saturated heterocycles. The second-order valence-corrected chi connectivity index (χ2v) is 12.0. The molecule has 0 bridgehead atoms. The van der Waals surface area contributed by atoms with E-state index < -0.39 is 28.9 Å². The van der Waals surface area contributed by atoms with Crippen molar-refractivity contribution in [3.63, 3.8) is 0 Å². The number of nitrogens with zero attached hydrogens (tertiary/aromatic N) is 2. The highest BCUT2D eigenvalue weighted by molar-refractivity contribution is 9.10. The summed E-state index contributed by atoms with van der Waals surface area (Å²) in [6.45, 7) is 0.433. The zero-order valence-electron chi connectivity index (χ0n) is 23.8. The molecule has 0 aliphatic heterocycles. The summed E-state index contributed by atoms with van der Waals surface area (Å²) in [4.78, 5) is 44.4. The highest BCUT2D eigenvalue weighted by atomic mass is 79.9. The largest absolute Gasteiger partial charge is 0.454 e. The van der Waals surface area contributed by atoms with Crippen molar-refractivity contribution in [1.29, 1.82) is 0 Å². The van der Waals surface area contributed by atoms with Crippen molar-refractivity contribution in [2.45, 2.75) is 6.42 Å². The van der Waals surface area contributed by atoms with Crippen LogP contribution >= 0.6 is 27.3 Å². The molecule has 0 unspecified atom stereocenters. The van der Waals surface area contributed by atoms with E-state index in [1.54, 1.807) is 41.7 Å². The van der Waals surface area contributed by atoms with Gasteiger partial charge in [0.1, 0.15) is 22.8 Å². The molecule has 0 radical (unpaired) electrons. The molecule has 2 N–H and O–H groups in total. The molecule has 0 saturated carbocycles. The topological polar surface area (TPSA) is 102 Å². The molecule has 3 aromatic carbocycles. The van der Waals surface area contributed by atoms with E-state index in [0.717, 1.165) is 10.9 Å². The highest BCUT2D eigenvalue weighted by Crippen LogP contribution is 2.28. The van der Waals surface area contributed by atoms with Gasteiger partial charge in [0, 0.05) is 51.5 Å². The Bertz CT molecular complexity index is 2150. The van der Waals surface area contributed by atoms with Crippen LogP contribution in [-0.2, 0) is 6.42 Å². The lowest BCUT2D eigenvalue weighted by Crippen LogP contribution is -2.26. The summed E-state index contributed by atoms with van der Waals surface area (Å²) in [5, 5.41) is 7.52. The number of carbonyl (C=O) groups excluding carboxylic acids is 2. The van der Waals surface area contributed by atoms with Crippen LogP contribution in [0.2, 0.25) is 0 Å². The number of para-hydroxylation sites is 1. The van der Waals surface area contributed by atoms with Crippen LogP contribution in [0.15, 0.2) is 112 Å². The van der Waals surface area contributed by atoms with Crippen LogP contribution in [0.25, 0.3) is 16.6 Å². The van der Waals surface area contributed by atoms with Gasteiger partial charge >= 0.3 is 0 Å². The third kappa shape index (κ3) is 6.72. The van der Waals surface area contributed by atoms with Gasteiger partial charge < -0.3 is 19.9 Å². The molecular weight excluding hydrogens is 678 g/mol. The van der Waals surface area contributed by atoms with E-state index in [-0.39, 0.29) is 39.5 Å². The first kappa shape index (κ1) is 30.8. The Morgan fingerprint density at radius 2 is 1.78 bits per heavy atom. The predicted molar refractivity (Wildman–Crippen MR) is 176 cm³/mol. The van der Waals surface area contributed by atoms with Crippen molar-refractivity contribution in [3.05, 3.63) is 145 Å². The lowest BCUT2D eigenvalue weighted by Gasteiger charge is -2.15. The highest BCUT2D eigenvalue weighted by Gasteiger charge is 2.19. The second-order valence-electron chi connectivity index (χ2n) is 10.0. The maximum Gasteiger partial charge on any atom is 0.270 e. The fourth-order valence-electron chi connectivity index (χ4n) is 4.75. The van der Waals surface area contributed by atoms with E-state index in [1.165, 1.54) is 53.4 Å². The van der Waals surface area contributed by atoms with E-state index in [1.807, 2.05) is 17.5 Å². The van der Waals surface area contributed by atoms with Crippen molar-refractivity contribution in [2.75, 3.05) is 11.9 Å². The number of rotatable bonds is 9. The minimum absolute atomic E-state index is 0.0596. The van der Waals surface area contributed by atoms with Crippen molar-refractivity contribution in [3.8, 4) is 17.2 Å². The fourth-order valence-corrected chi connectivity index (χ4v) is 5.79. The molecule has 46 heavy (non-hydrogen) atoms. The third-order valence-corrected chi connectivity index (χ3v) is 8.37. The van der Waals surface area contributed by atoms with E-state index in [0.29, 0.717) is 23.0 Å². The maximum absolute atomic E-state index is 15.1. The molecule has 0 atom stereocenters. The molecular formula is C34H23BrF2N4O4S. The zero-order valence-corrected chi connectivity index (χ0v) is 26.2. The summed E-state index contributed by atoms with van der Waals surface area (Å²) in [5.41, 5.74) is -0.114. The summed E-state index contributed by atoms with van der Waals surface area (Å²) in [7, 11) is 0. The zero-order chi connectivity index (χ0) is 32.2. The van der Waals surface area contributed by atoms with Crippen molar-refractivity contribution < 1.29 is 23.1 Å². The van der Waals surface area contributed by atoms with Crippen molar-refractivity contribution in [2.24, 2.45) is 0 Å². The number of thiophene rings is 1. The SMILES string of the molecule is O=C(NCCc1cccs1)c1cc(Oc2ccc(NC(=O)c3cn(-c4ccc(Br)cc4F)c4ccccc4c3=O)cc2F)ccn1. The minimum atomic E-state index is -0.807. The number of hydrogen-bond donors (Lipinski definition) is 2. The molecule has 0 spiro atoms. The van der Waals surface area contributed by atoms with Gasteiger partial charge in [-0.25, -0.2) is 8.78 Å². The predicted octanol–water partition coefficient (Wildman–Crippen LogP) is 7.51. The van der Waals surface area contributed by atoms with E-state index >= 15 is 4.39 Å². The van der Waals surface area contributed by atoms with E-state index in [2.05, 4.69) is 31.5 Å². The first-order chi connectivity index (χ1) is 22.3. The summed E-state index contributed by atoms with van der Waals surface area (Å²) in [5.74, 6) is -2.54. The number of fused-ring (bicyclic) bond motifs is 1. The number of benzene rings is 3. The quantitative estimate of drug-likeness (QED) is 0.163. The molecule has 2 amide bonds. The molecule has 6 rings (SSSR count). The first-order valence-electron chi connectivity index (χ1n) is 13.9. The van der Waals surface area contributed by atoms with Crippen LogP contribution in [0.5, 0.6) is 11.5 Å². The average Bonchev–Trinajstić information content (AvgIpc) is 3.57. The summed E-state index contributed by atoms with van der Waals surface area (Å²) in [6.07, 6.45) is 3.33. The van der Waals surface area contributed by atoms with Gasteiger partial charge in [-0.1, -0.05) is 34.1 Å². The molecule has 8 nitrogen and oxygen atoms in total. The van der Waals surface area contributed by atoms with Gasteiger partial charge in [-0.3, -0.25) is 19.4 Å². The van der Waals surface area contributed by atoms with Crippen LogP contribution in [-0.4, -0.2) is 27.9 Å². The Morgan fingerprint density at radius 1 is 0.935 bits per heavy atom.